The fraction of sp³-hybridized carbons (Fsp3) is 0.100. The maximum Gasteiger partial charge on any atom is 0.203 e. The van der Waals surface area contributed by atoms with E-state index in [0.717, 1.165) is 15.6 Å². The predicted octanol–water partition coefficient (Wildman–Crippen LogP) is 3.36. The molecule has 1 aromatic heterocycles. The lowest BCUT2D eigenvalue weighted by molar-refractivity contribution is 1.34. The molecule has 0 fully saturated rings. The molecule has 0 radical (unpaired) electrons. The van der Waals surface area contributed by atoms with Crippen LogP contribution in [0.15, 0.2) is 32.1 Å². The van der Waals surface area contributed by atoms with Crippen molar-refractivity contribution < 1.29 is 0 Å². The molecule has 0 saturated heterocycles. The molecule has 0 atom stereocenters. The van der Waals surface area contributed by atoms with E-state index in [4.69, 9.17) is 0 Å². The molecular weight excluding hydrogens is 310 g/mol. The molecule has 1 N–H and O–H groups in total. The summed E-state index contributed by atoms with van der Waals surface area (Å²) in [6.07, 6.45) is 1.66. The molecule has 1 heterocycles. The largest absolute Gasteiger partial charge is 0.359 e. The Morgan fingerprint density at radius 2 is 1.93 bits per heavy atom. The first-order chi connectivity index (χ1) is 6.59. The number of rotatable bonds is 0. The molecule has 0 spiro atoms. The van der Waals surface area contributed by atoms with Gasteiger partial charge in [-0.05, 0) is 56.5 Å². The summed E-state index contributed by atoms with van der Waals surface area (Å²) in [6, 6.07) is 3.86. The van der Waals surface area contributed by atoms with Gasteiger partial charge in [0.15, 0.2) is 0 Å². The quantitative estimate of drug-likeness (QED) is 0.794. The van der Waals surface area contributed by atoms with Gasteiger partial charge in [0.05, 0.1) is 9.99 Å². The number of aryl methyl sites for hydroxylation is 1. The van der Waals surface area contributed by atoms with Crippen molar-refractivity contribution in [3.63, 3.8) is 0 Å². The van der Waals surface area contributed by atoms with Crippen LogP contribution < -0.4 is 5.43 Å². The van der Waals surface area contributed by atoms with Crippen molar-refractivity contribution >= 4 is 42.8 Å². The molecule has 4 heteroatoms. The first-order valence-electron chi connectivity index (χ1n) is 4.06. The van der Waals surface area contributed by atoms with Gasteiger partial charge in [0.2, 0.25) is 5.43 Å². The van der Waals surface area contributed by atoms with E-state index in [1.54, 1.807) is 6.20 Å². The number of fused-ring (bicyclic) bond motifs is 1. The molecule has 2 rings (SSSR count). The fourth-order valence-corrected chi connectivity index (χ4v) is 2.41. The number of benzene rings is 1. The number of aromatic nitrogens is 1. The summed E-state index contributed by atoms with van der Waals surface area (Å²) in [5, 5.41) is 0.700. The Bertz CT molecular complexity index is 560. The van der Waals surface area contributed by atoms with Crippen molar-refractivity contribution in [1.29, 1.82) is 0 Å². The van der Waals surface area contributed by atoms with E-state index in [-0.39, 0.29) is 5.43 Å². The van der Waals surface area contributed by atoms with Crippen LogP contribution in [0.5, 0.6) is 0 Å². The molecular formula is C10H7Br2NO. The zero-order valence-electron chi connectivity index (χ0n) is 7.40. The Hall–Kier alpha value is -0.610. The second kappa shape index (κ2) is 3.51. The number of nitrogens with one attached hydrogen (secondary N) is 1. The molecule has 14 heavy (non-hydrogen) atoms. The van der Waals surface area contributed by atoms with Crippen LogP contribution in [0.25, 0.3) is 10.9 Å². The van der Waals surface area contributed by atoms with Crippen LogP contribution in [-0.2, 0) is 0 Å². The molecule has 0 aliphatic carbocycles. The zero-order chi connectivity index (χ0) is 10.3. The van der Waals surface area contributed by atoms with Gasteiger partial charge in [-0.3, -0.25) is 4.79 Å². The lowest BCUT2D eigenvalue weighted by atomic mass is 10.1. The summed E-state index contributed by atoms with van der Waals surface area (Å²) < 4.78 is 1.47. The zero-order valence-corrected chi connectivity index (χ0v) is 10.6. The van der Waals surface area contributed by atoms with E-state index in [9.17, 15) is 4.79 Å². The van der Waals surface area contributed by atoms with Gasteiger partial charge >= 0.3 is 0 Å². The summed E-state index contributed by atoms with van der Waals surface area (Å²) in [6.45, 7) is 1.96. The molecule has 0 bridgehead atoms. The maximum absolute atomic E-state index is 11.7. The molecule has 0 unspecified atom stereocenters. The SMILES string of the molecule is Cc1cc(Br)c2[nH]cc(Br)c(=O)c2c1. The number of hydrogen-bond acceptors (Lipinski definition) is 1. The Kier molecular flexibility index (Phi) is 2.49. The van der Waals surface area contributed by atoms with Crippen LogP contribution in [0.1, 0.15) is 5.56 Å². The average molecular weight is 317 g/mol. The van der Waals surface area contributed by atoms with Crippen LogP contribution in [0.2, 0.25) is 0 Å². The van der Waals surface area contributed by atoms with Gasteiger partial charge < -0.3 is 4.98 Å². The van der Waals surface area contributed by atoms with E-state index in [0.29, 0.717) is 9.86 Å². The van der Waals surface area contributed by atoms with Crippen LogP contribution >= 0.6 is 31.9 Å². The third-order valence-corrected chi connectivity index (χ3v) is 3.25. The van der Waals surface area contributed by atoms with E-state index in [1.807, 2.05) is 19.1 Å². The second-order valence-electron chi connectivity index (χ2n) is 3.14. The van der Waals surface area contributed by atoms with Gasteiger partial charge in [-0.15, -0.1) is 0 Å². The molecule has 2 nitrogen and oxygen atoms in total. The topological polar surface area (TPSA) is 32.9 Å². The van der Waals surface area contributed by atoms with Gasteiger partial charge in [-0.2, -0.15) is 0 Å². The van der Waals surface area contributed by atoms with Crippen LogP contribution in [0.4, 0.5) is 0 Å². The lowest BCUT2D eigenvalue weighted by Crippen LogP contribution is -2.03. The van der Waals surface area contributed by atoms with E-state index >= 15 is 0 Å². The smallest absolute Gasteiger partial charge is 0.203 e. The molecule has 0 aliphatic heterocycles. The van der Waals surface area contributed by atoms with Gasteiger partial charge in [0, 0.05) is 16.1 Å². The Morgan fingerprint density at radius 3 is 2.64 bits per heavy atom. The van der Waals surface area contributed by atoms with Crippen molar-refractivity contribution in [1.82, 2.24) is 4.98 Å². The normalized spacial score (nSPS) is 10.8. The molecule has 1 aromatic carbocycles. The summed E-state index contributed by atoms with van der Waals surface area (Å²) in [5.74, 6) is 0. The van der Waals surface area contributed by atoms with Crippen molar-refractivity contribution in [2.75, 3.05) is 0 Å². The Labute approximate surface area is 97.6 Å². The summed E-state index contributed by atoms with van der Waals surface area (Å²) in [5.41, 5.74) is 1.92. The monoisotopic (exact) mass is 315 g/mol. The maximum atomic E-state index is 11.7. The number of aromatic amines is 1. The van der Waals surface area contributed by atoms with Crippen molar-refractivity contribution in [2.24, 2.45) is 0 Å². The van der Waals surface area contributed by atoms with Crippen LogP contribution in [0, 0.1) is 6.92 Å². The summed E-state index contributed by atoms with van der Waals surface area (Å²) in [7, 11) is 0. The first-order valence-corrected chi connectivity index (χ1v) is 5.65. The van der Waals surface area contributed by atoms with Crippen molar-refractivity contribution in [2.45, 2.75) is 6.92 Å². The Balaban J connectivity index is 3.03. The highest BCUT2D eigenvalue weighted by Crippen LogP contribution is 2.22. The second-order valence-corrected chi connectivity index (χ2v) is 4.84. The van der Waals surface area contributed by atoms with Crippen LogP contribution in [0.3, 0.4) is 0 Å². The van der Waals surface area contributed by atoms with E-state index in [2.05, 4.69) is 36.8 Å². The standard InChI is InChI=1S/C10H7Br2NO/c1-5-2-6-9(7(11)3-5)13-4-8(12)10(6)14/h2-4H,1H3,(H,13,14). The highest BCUT2D eigenvalue weighted by Gasteiger charge is 2.05. The third-order valence-electron chi connectivity index (χ3n) is 2.04. The number of H-pyrrole nitrogens is 1. The highest BCUT2D eigenvalue weighted by atomic mass is 79.9. The first kappa shape index (κ1) is 9.93. The summed E-state index contributed by atoms with van der Waals surface area (Å²) in [4.78, 5) is 14.8. The predicted molar refractivity (Wildman–Crippen MR) is 64.7 cm³/mol. The number of halogens is 2. The molecule has 0 aliphatic rings. The minimum absolute atomic E-state index is 0.0168. The van der Waals surface area contributed by atoms with Gasteiger partial charge in [-0.1, -0.05) is 0 Å². The average Bonchev–Trinajstić information content (AvgIpc) is 2.12. The molecule has 72 valence electrons. The highest BCUT2D eigenvalue weighted by molar-refractivity contribution is 9.11. The minimum Gasteiger partial charge on any atom is -0.359 e. The molecule has 2 aromatic rings. The van der Waals surface area contributed by atoms with Gasteiger partial charge in [-0.25, -0.2) is 0 Å². The fourth-order valence-electron chi connectivity index (χ4n) is 1.40. The van der Waals surface area contributed by atoms with Crippen molar-refractivity contribution in [3.8, 4) is 0 Å². The summed E-state index contributed by atoms with van der Waals surface area (Å²) >= 11 is 6.63. The number of pyridine rings is 1. The lowest BCUT2D eigenvalue weighted by Gasteiger charge is -2.02. The number of hydrogen-bond donors (Lipinski definition) is 1. The van der Waals surface area contributed by atoms with Crippen molar-refractivity contribution in [3.05, 3.63) is 43.1 Å². The van der Waals surface area contributed by atoms with E-state index < -0.39 is 0 Å². The Morgan fingerprint density at radius 1 is 1.21 bits per heavy atom. The van der Waals surface area contributed by atoms with Gasteiger partial charge in [0.25, 0.3) is 0 Å². The molecule has 0 amide bonds. The molecule has 0 saturated carbocycles. The van der Waals surface area contributed by atoms with Gasteiger partial charge in [0.1, 0.15) is 0 Å². The minimum atomic E-state index is 0.0168. The van der Waals surface area contributed by atoms with Crippen LogP contribution in [-0.4, -0.2) is 4.98 Å². The third kappa shape index (κ3) is 1.53. The van der Waals surface area contributed by atoms with E-state index in [1.165, 1.54) is 0 Å².